The van der Waals surface area contributed by atoms with E-state index in [-0.39, 0.29) is 5.97 Å². The number of hydrogen-bond donors (Lipinski definition) is 0. The van der Waals surface area contributed by atoms with Crippen LogP contribution < -0.4 is 0 Å². The monoisotopic (exact) mass is 452 g/mol. The summed E-state index contributed by atoms with van der Waals surface area (Å²) in [6.45, 7) is 16.4. The molecule has 0 amide bonds. The number of carbonyl (C=O) groups excluding carboxylic acids is 2. The van der Waals surface area contributed by atoms with Gasteiger partial charge in [-0.1, -0.05) is 32.9 Å². The van der Waals surface area contributed by atoms with Gasteiger partial charge in [-0.3, -0.25) is 9.59 Å². The van der Waals surface area contributed by atoms with E-state index in [4.69, 9.17) is 4.74 Å². The summed E-state index contributed by atoms with van der Waals surface area (Å²) in [6.07, 6.45) is 11.9. The van der Waals surface area contributed by atoms with Gasteiger partial charge in [-0.05, 0) is 122 Å². The van der Waals surface area contributed by atoms with Crippen molar-refractivity contribution < 1.29 is 14.3 Å². The van der Waals surface area contributed by atoms with Gasteiger partial charge in [0.25, 0.3) is 0 Å². The number of ketones is 1. The Morgan fingerprint density at radius 3 is 2.67 bits per heavy atom. The van der Waals surface area contributed by atoms with Crippen LogP contribution in [0, 0.1) is 51.8 Å². The highest BCUT2D eigenvalue weighted by Gasteiger charge is 2.75. The van der Waals surface area contributed by atoms with Gasteiger partial charge in [0.2, 0.25) is 0 Å². The average Bonchev–Trinajstić information content (AvgIpc) is 3.39. The smallest absolute Gasteiger partial charge is 0.306 e. The predicted molar refractivity (Wildman–Crippen MR) is 131 cm³/mol. The zero-order valence-corrected chi connectivity index (χ0v) is 21.5. The van der Waals surface area contributed by atoms with Crippen LogP contribution in [0.4, 0.5) is 0 Å². The molecule has 0 aromatic carbocycles. The van der Waals surface area contributed by atoms with Gasteiger partial charge in [0, 0.05) is 12.8 Å². The van der Waals surface area contributed by atoms with Gasteiger partial charge in [-0.25, -0.2) is 0 Å². The van der Waals surface area contributed by atoms with Crippen molar-refractivity contribution >= 4 is 11.8 Å². The lowest BCUT2D eigenvalue weighted by Crippen LogP contribution is -2.54. The molecule has 0 radical (unpaired) electrons. The molecule has 1 heterocycles. The third-order valence-corrected chi connectivity index (χ3v) is 11.7. The molecule has 5 aliphatic rings. The summed E-state index contributed by atoms with van der Waals surface area (Å²) in [5, 5.41) is 0. The van der Waals surface area contributed by atoms with Crippen LogP contribution in [0.15, 0.2) is 23.8 Å². The van der Waals surface area contributed by atoms with Crippen molar-refractivity contribution in [1.82, 2.24) is 0 Å². The molecule has 1 saturated heterocycles. The minimum Gasteiger partial charge on any atom is -0.461 e. The molecule has 4 saturated carbocycles. The van der Waals surface area contributed by atoms with Crippen molar-refractivity contribution in [3.05, 3.63) is 23.8 Å². The number of hydrogen-bond acceptors (Lipinski definition) is 3. The molecule has 33 heavy (non-hydrogen) atoms. The van der Waals surface area contributed by atoms with E-state index in [2.05, 4.69) is 27.4 Å². The number of carbonyl (C=O) groups is 2. The standard InChI is InChI=1S/C30H44O3/c1-18(2)13-21(31)14-19(3)24-9-10-29(6)26-15-23-20(4)17-33-27(32)8-7-22(23)25-16-30(25,26)12-11-28(24,29)5/h13,19,22-26H,4,7-12,14-17H2,1-3,5-6H3/t19?,22-,23+,24?,25-,26?,28-,29+,30-/m1/s1. The Hall–Kier alpha value is -1.38. The highest BCUT2D eigenvalue weighted by Crippen LogP contribution is 2.82. The van der Waals surface area contributed by atoms with E-state index in [0.29, 0.717) is 65.1 Å². The number of cyclic esters (lactones) is 1. The van der Waals surface area contributed by atoms with E-state index in [9.17, 15) is 9.59 Å². The molecular formula is C30H44O3. The summed E-state index contributed by atoms with van der Waals surface area (Å²) in [5.74, 6) is 4.00. The Labute approximate surface area is 200 Å². The number of ether oxygens (including phenoxy) is 1. The maximum Gasteiger partial charge on any atom is 0.306 e. The Kier molecular flexibility index (Phi) is 5.54. The molecule has 0 N–H and O–H groups in total. The minimum atomic E-state index is -0.0371. The van der Waals surface area contributed by atoms with Crippen LogP contribution in [-0.2, 0) is 14.3 Å². The van der Waals surface area contributed by atoms with E-state index in [1.54, 1.807) is 0 Å². The van der Waals surface area contributed by atoms with E-state index < -0.39 is 0 Å². The Morgan fingerprint density at radius 1 is 1.18 bits per heavy atom. The summed E-state index contributed by atoms with van der Waals surface area (Å²) in [6, 6.07) is 0. The molecule has 9 atom stereocenters. The first kappa shape index (κ1) is 23.4. The first-order valence-electron chi connectivity index (χ1n) is 13.5. The Bertz CT molecular complexity index is 896. The summed E-state index contributed by atoms with van der Waals surface area (Å²) >= 11 is 0. The van der Waals surface area contributed by atoms with Gasteiger partial charge in [0.05, 0.1) is 0 Å². The van der Waals surface area contributed by atoms with Gasteiger partial charge in [-0.2, -0.15) is 0 Å². The maximum absolute atomic E-state index is 12.6. The molecule has 4 aliphatic carbocycles. The fraction of sp³-hybridized carbons (Fsp3) is 0.800. The van der Waals surface area contributed by atoms with Crippen molar-refractivity contribution in [3.8, 4) is 0 Å². The van der Waals surface area contributed by atoms with Crippen molar-refractivity contribution in [3.63, 3.8) is 0 Å². The summed E-state index contributed by atoms with van der Waals surface area (Å²) in [5.41, 5.74) is 3.43. The van der Waals surface area contributed by atoms with Gasteiger partial charge < -0.3 is 4.74 Å². The zero-order valence-electron chi connectivity index (χ0n) is 21.5. The molecule has 0 aromatic rings. The average molecular weight is 453 g/mol. The van der Waals surface area contributed by atoms with E-state index in [0.717, 1.165) is 23.8 Å². The fourth-order valence-electron chi connectivity index (χ4n) is 9.91. The van der Waals surface area contributed by atoms with Crippen LogP contribution in [0.1, 0.15) is 92.4 Å². The molecule has 1 spiro atoms. The molecule has 182 valence electrons. The SMILES string of the molecule is C=C1COC(=O)CC[C@H]2[C@H]3C[C@]34CC[C@]3(C)C(C(C)CC(=O)C=C(C)C)CC[C@@]3(C)C4C[C@@H]12. The molecule has 3 nitrogen and oxygen atoms in total. The van der Waals surface area contributed by atoms with E-state index in [1.165, 1.54) is 44.1 Å². The molecule has 0 aromatic heterocycles. The van der Waals surface area contributed by atoms with Gasteiger partial charge in [0.1, 0.15) is 6.61 Å². The van der Waals surface area contributed by atoms with Crippen molar-refractivity contribution in [1.29, 1.82) is 0 Å². The lowest BCUT2D eigenvalue weighted by atomic mass is 9.44. The van der Waals surface area contributed by atoms with Crippen LogP contribution in [0.3, 0.4) is 0 Å². The largest absolute Gasteiger partial charge is 0.461 e. The fourth-order valence-corrected chi connectivity index (χ4v) is 9.91. The molecule has 5 fully saturated rings. The van der Waals surface area contributed by atoms with Gasteiger partial charge in [0.15, 0.2) is 5.78 Å². The molecule has 0 bridgehead atoms. The quantitative estimate of drug-likeness (QED) is 0.264. The number of allylic oxidation sites excluding steroid dienone is 2. The van der Waals surface area contributed by atoms with Crippen molar-refractivity contribution in [2.45, 2.75) is 92.4 Å². The zero-order chi connectivity index (χ0) is 23.8. The number of fused-ring (bicyclic) bond motifs is 4. The van der Waals surface area contributed by atoms with E-state index in [1.807, 2.05) is 19.9 Å². The minimum absolute atomic E-state index is 0.0371. The van der Waals surface area contributed by atoms with E-state index >= 15 is 0 Å². The molecular weight excluding hydrogens is 408 g/mol. The van der Waals surface area contributed by atoms with Crippen LogP contribution in [0.5, 0.6) is 0 Å². The summed E-state index contributed by atoms with van der Waals surface area (Å²) in [4.78, 5) is 24.7. The maximum atomic E-state index is 12.6. The van der Waals surface area contributed by atoms with Crippen LogP contribution in [-0.4, -0.2) is 18.4 Å². The topological polar surface area (TPSA) is 43.4 Å². The van der Waals surface area contributed by atoms with Gasteiger partial charge >= 0.3 is 5.97 Å². The summed E-state index contributed by atoms with van der Waals surface area (Å²) in [7, 11) is 0. The van der Waals surface area contributed by atoms with Crippen molar-refractivity contribution in [2.75, 3.05) is 6.61 Å². The lowest BCUT2D eigenvalue weighted by Gasteiger charge is -2.60. The molecule has 3 heteroatoms. The second-order valence-corrected chi connectivity index (χ2v) is 13.3. The van der Waals surface area contributed by atoms with Gasteiger partial charge in [-0.15, -0.1) is 0 Å². The normalized spacial score (nSPS) is 47.0. The first-order chi connectivity index (χ1) is 15.5. The van der Waals surface area contributed by atoms with Crippen LogP contribution in [0.2, 0.25) is 0 Å². The highest BCUT2D eigenvalue weighted by molar-refractivity contribution is 5.90. The number of rotatable bonds is 4. The molecule has 1 aliphatic heterocycles. The third kappa shape index (κ3) is 3.42. The highest BCUT2D eigenvalue weighted by atomic mass is 16.5. The lowest BCUT2D eigenvalue weighted by molar-refractivity contribution is -0.146. The first-order valence-corrected chi connectivity index (χ1v) is 13.5. The molecule has 5 rings (SSSR count). The third-order valence-electron chi connectivity index (χ3n) is 11.7. The van der Waals surface area contributed by atoms with Crippen molar-refractivity contribution in [2.24, 2.45) is 51.8 Å². The molecule has 3 unspecified atom stereocenters. The second-order valence-electron chi connectivity index (χ2n) is 13.3. The number of esters is 1. The van der Waals surface area contributed by atoms with Crippen LogP contribution >= 0.6 is 0 Å². The Balaban J connectivity index is 1.40. The second kappa shape index (κ2) is 7.82. The Morgan fingerprint density at radius 2 is 1.94 bits per heavy atom. The van der Waals surface area contributed by atoms with Crippen LogP contribution in [0.25, 0.3) is 0 Å². The predicted octanol–water partition coefficient (Wildman–Crippen LogP) is 6.92. The summed E-state index contributed by atoms with van der Waals surface area (Å²) < 4.78 is 5.50.